The number of hydrogen-bond donors (Lipinski definition) is 0. The molecule has 0 spiro atoms. The van der Waals surface area contributed by atoms with Crippen LogP contribution >= 0.6 is 0 Å². The summed E-state index contributed by atoms with van der Waals surface area (Å²) in [6, 6.07) is 2.78. The molecule has 1 rings (SSSR count). The average molecular weight is 110 g/mol. The van der Waals surface area contributed by atoms with Crippen molar-refractivity contribution in [1.29, 1.82) is 0 Å². The van der Waals surface area contributed by atoms with E-state index in [2.05, 4.69) is 13.1 Å². The Hall–Kier alpha value is -0.480. The Kier molecular flexibility index (Phi) is 1.27. The summed E-state index contributed by atoms with van der Waals surface area (Å²) in [5.74, 6) is 0. The third-order valence-electron chi connectivity index (χ3n) is 1.86. The lowest BCUT2D eigenvalue weighted by Gasteiger charge is -2.18. The summed E-state index contributed by atoms with van der Waals surface area (Å²) in [5.41, 5.74) is 0. The van der Waals surface area contributed by atoms with Gasteiger partial charge in [-0.3, -0.25) is 0 Å². The lowest BCUT2D eigenvalue weighted by molar-refractivity contribution is -0.830. The van der Waals surface area contributed by atoms with Gasteiger partial charge in [0.05, 0.1) is 20.1 Å². The Morgan fingerprint density at radius 3 is 2.12 bits per heavy atom. The van der Waals surface area contributed by atoms with Gasteiger partial charge < -0.3 is 0 Å². The lowest BCUT2D eigenvalue weighted by atomic mass is 10.4. The molecule has 0 aromatic carbocycles. The van der Waals surface area contributed by atoms with Crippen molar-refractivity contribution in [3.63, 3.8) is 0 Å². The first-order valence-electron chi connectivity index (χ1n) is 3.09. The molecule has 8 heavy (non-hydrogen) atoms. The highest BCUT2D eigenvalue weighted by molar-refractivity contribution is 4.73. The standard InChI is InChI=1S/C7H12N/c1-3-8(2)6-4-5-7-8/h1H,4-7H2,2H3/q+1. The number of rotatable bonds is 0. The van der Waals surface area contributed by atoms with Gasteiger partial charge in [0, 0.05) is 12.8 Å². The Morgan fingerprint density at radius 1 is 1.38 bits per heavy atom. The van der Waals surface area contributed by atoms with Gasteiger partial charge in [0.25, 0.3) is 0 Å². The molecule has 0 radical (unpaired) electrons. The first-order chi connectivity index (χ1) is 3.77. The zero-order valence-electron chi connectivity index (χ0n) is 5.35. The number of nitrogens with zero attached hydrogens (tertiary/aromatic N) is 1. The van der Waals surface area contributed by atoms with Crippen LogP contribution in [-0.4, -0.2) is 24.6 Å². The topological polar surface area (TPSA) is 0 Å². The molecule has 1 saturated heterocycles. The van der Waals surface area contributed by atoms with Crippen molar-refractivity contribution in [1.82, 2.24) is 0 Å². The average Bonchev–Trinajstić information content (AvgIpc) is 2.17. The smallest absolute Gasteiger partial charge is 0.133 e. The van der Waals surface area contributed by atoms with Crippen molar-refractivity contribution in [2.75, 3.05) is 20.1 Å². The molecule has 1 nitrogen and oxygen atoms in total. The number of likely N-dealkylation sites (tertiary alicyclic amines) is 1. The summed E-state index contributed by atoms with van der Waals surface area (Å²) in [6.07, 6.45) is 7.90. The van der Waals surface area contributed by atoms with Gasteiger partial charge in [-0.15, -0.1) is 0 Å². The normalized spacial score (nSPS) is 25.0. The SMILES string of the molecule is C#C[N+]1(C)CCCC1. The van der Waals surface area contributed by atoms with Gasteiger partial charge in [-0.05, 0) is 0 Å². The van der Waals surface area contributed by atoms with Crippen LogP contribution in [0.25, 0.3) is 0 Å². The van der Waals surface area contributed by atoms with Gasteiger partial charge >= 0.3 is 0 Å². The van der Waals surface area contributed by atoms with Crippen LogP contribution in [-0.2, 0) is 0 Å². The summed E-state index contributed by atoms with van der Waals surface area (Å²) < 4.78 is 0.847. The lowest BCUT2D eigenvalue weighted by Crippen LogP contribution is -2.34. The summed E-state index contributed by atoms with van der Waals surface area (Å²) in [5, 5.41) is 0. The van der Waals surface area contributed by atoms with Gasteiger partial charge in [0.2, 0.25) is 0 Å². The minimum Gasteiger partial charge on any atom is -0.249 e. The third-order valence-corrected chi connectivity index (χ3v) is 1.86. The minimum atomic E-state index is 0.847. The van der Waals surface area contributed by atoms with E-state index in [0.29, 0.717) is 0 Å². The van der Waals surface area contributed by atoms with E-state index >= 15 is 0 Å². The van der Waals surface area contributed by atoms with Crippen molar-refractivity contribution in [3.8, 4) is 12.5 Å². The van der Waals surface area contributed by atoms with Crippen LogP contribution in [0.4, 0.5) is 0 Å². The molecule has 1 aliphatic rings. The van der Waals surface area contributed by atoms with E-state index in [9.17, 15) is 0 Å². The van der Waals surface area contributed by atoms with Crippen LogP contribution in [0, 0.1) is 12.5 Å². The molecule has 1 fully saturated rings. The summed E-state index contributed by atoms with van der Waals surface area (Å²) >= 11 is 0. The van der Waals surface area contributed by atoms with Crippen LogP contribution in [0.1, 0.15) is 12.8 Å². The molecule has 0 bridgehead atoms. The maximum atomic E-state index is 5.29. The maximum absolute atomic E-state index is 5.29. The fraction of sp³-hybridized carbons (Fsp3) is 0.714. The van der Waals surface area contributed by atoms with Crippen molar-refractivity contribution in [2.45, 2.75) is 12.8 Å². The van der Waals surface area contributed by atoms with Gasteiger partial charge in [0.1, 0.15) is 6.04 Å². The van der Waals surface area contributed by atoms with Crippen molar-refractivity contribution in [2.24, 2.45) is 0 Å². The molecule has 1 aliphatic heterocycles. The van der Waals surface area contributed by atoms with Gasteiger partial charge in [-0.25, -0.2) is 4.48 Å². The van der Waals surface area contributed by atoms with E-state index in [-0.39, 0.29) is 0 Å². The van der Waals surface area contributed by atoms with Crippen LogP contribution in [0.2, 0.25) is 0 Å². The second-order valence-corrected chi connectivity index (χ2v) is 2.68. The number of quaternary nitrogens is 1. The predicted octanol–water partition coefficient (Wildman–Crippen LogP) is 0.818. The zero-order valence-corrected chi connectivity index (χ0v) is 5.35. The predicted molar refractivity (Wildman–Crippen MR) is 34.0 cm³/mol. The van der Waals surface area contributed by atoms with E-state index in [1.165, 1.54) is 25.9 Å². The van der Waals surface area contributed by atoms with Crippen LogP contribution in [0.15, 0.2) is 0 Å². The van der Waals surface area contributed by atoms with Crippen LogP contribution in [0.3, 0.4) is 0 Å². The Bertz CT molecular complexity index is 115. The Balaban J connectivity index is 2.56. The number of terminal acetylenes is 1. The van der Waals surface area contributed by atoms with Crippen molar-refractivity contribution < 1.29 is 4.48 Å². The second-order valence-electron chi connectivity index (χ2n) is 2.68. The van der Waals surface area contributed by atoms with Crippen molar-refractivity contribution in [3.05, 3.63) is 0 Å². The monoisotopic (exact) mass is 110 g/mol. The molecule has 0 N–H and O–H groups in total. The molecule has 0 amide bonds. The fourth-order valence-electron chi connectivity index (χ4n) is 1.16. The molecule has 1 heterocycles. The molecule has 0 atom stereocenters. The molecule has 1 heteroatoms. The number of hydrogen-bond acceptors (Lipinski definition) is 0. The van der Waals surface area contributed by atoms with E-state index < -0.39 is 0 Å². The second kappa shape index (κ2) is 1.80. The molecule has 44 valence electrons. The molecule has 0 saturated carbocycles. The zero-order chi connectivity index (χ0) is 6.04. The summed E-state index contributed by atoms with van der Waals surface area (Å²) in [7, 11) is 2.12. The first kappa shape index (κ1) is 5.65. The molecule has 0 aliphatic carbocycles. The Labute approximate surface area is 50.9 Å². The maximum Gasteiger partial charge on any atom is 0.133 e. The van der Waals surface area contributed by atoms with E-state index in [1.807, 2.05) is 0 Å². The van der Waals surface area contributed by atoms with Gasteiger partial charge in [-0.2, -0.15) is 0 Å². The van der Waals surface area contributed by atoms with E-state index in [0.717, 1.165) is 4.48 Å². The molecule has 0 aromatic heterocycles. The van der Waals surface area contributed by atoms with Crippen LogP contribution < -0.4 is 0 Å². The fourth-order valence-corrected chi connectivity index (χ4v) is 1.16. The highest BCUT2D eigenvalue weighted by Crippen LogP contribution is 2.13. The van der Waals surface area contributed by atoms with Gasteiger partial charge in [0.15, 0.2) is 0 Å². The summed E-state index contributed by atoms with van der Waals surface area (Å²) in [4.78, 5) is 0. The third kappa shape index (κ3) is 0.850. The first-order valence-corrected chi connectivity index (χ1v) is 3.09. The van der Waals surface area contributed by atoms with E-state index in [4.69, 9.17) is 6.42 Å². The summed E-state index contributed by atoms with van der Waals surface area (Å²) in [6.45, 7) is 2.35. The largest absolute Gasteiger partial charge is 0.249 e. The molecule has 0 aromatic rings. The van der Waals surface area contributed by atoms with Crippen molar-refractivity contribution >= 4 is 0 Å². The molecular weight excluding hydrogens is 98.1 g/mol. The van der Waals surface area contributed by atoms with E-state index in [1.54, 1.807) is 0 Å². The Morgan fingerprint density at radius 2 is 1.88 bits per heavy atom. The van der Waals surface area contributed by atoms with Gasteiger partial charge in [-0.1, -0.05) is 6.42 Å². The highest BCUT2D eigenvalue weighted by Gasteiger charge is 2.24. The van der Waals surface area contributed by atoms with Crippen LogP contribution in [0.5, 0.6) is 0 Å². The minimum absolute atomic E-state index is 0.847. The quantitative estimate of drug-likeness (QED) is 0.320. The molecular formula is C7H12N+. The highest BCUT2D eigenvalue weighted by atomic mass is 15.3. The molecule has 0 unspecified atom stereocenters.